The highest BCUT2D eigenvalue weighted by Gasteiger charge is 2.36. The van der Waals surface area contributed by atoms with E-state index in [-0.39, 0.29) is 24.5 Å². The van der Waals surface area contributed by atoms with Crippen LogP contribution in [0.5, 0.6) is 0 Å². The highest BCUT2D eigenvalue weighted by Crippen LogP contribution is 2.31. The average molecular weight is 226 g/mol. The van der Waals surface area contributed by atoms with Crippen molar-refractivity contribution in [1.82, 2.24) is 4.90 Å². The normalized spacial score (nSPS) is 30.1. The summed E-state index contributed by atoms with van der Waals surface area (Å²) in [6.07, 6.45) is 6.12. The van der Waals surface area contributed by atoms with Gasteiger partial charge in [0.25, 0.3) is 0 Å². The lowest BCUT2D eigenvalue weighted by Gasteiger charge is -2.31. The second-order valence-electron chi connectivity index (χ2n) is 5.11. The molecule has 0 radical (unpaired) electrons. The maximum absolute atomic E-state index is 12.3. The first-order valence-electron chi connectivity index (χ1n) is 6.39. The molecule has 2 aliphatic rings. The van der Waals surface area contributed by atoms with Gasteiger partial charge in [0.1, 0.15) is 0 Å². The number of rotatable bonds is 4. The fraction of sp³-hybridized carbons (Fsp3) is 0.917. The maximum Gasteiger partial charge on any atom is 0.226 e. The fourth-order valence-corrected chi connectivity index (χ4v) is 2.65. The van der Waals surface area contributed by atoms with Crippen LogP contribution >= 0.6 is 0 Å². The van der Waals surface area contributed by atoms with Crippen LogP contribution in [0.15, 0.2) is 0 Å². The molecule has 0 aromatic rings. The Hall–Kier alpha value is -0.610. The van der Waals surface area contributed by atoms with Crippen LogP contribution in [0.25, 0.3) is 0 Å². The van der Waals surface area contributed by atoms with E-state index in [0.717, 1.165) is 38.5 Å². The van der Waals surface area contributed by atoms with Crippen LogP contribution < -0.4 is 5.73 Å². The molecular formula is C12H22N2O2. The Morgan fingerprint density at radius 1 is 1.31 bits per heavy atom. The molecule has 0 aromatic heterocycles. The van der Waals surface area contributed by atoms with Crippen LogP contribution in [-0.2, 0) is 4.79 Å². The highest BCUT2D eigenvalue weighted by atomic mass is 16.3. The minimum atomic E-state index is 0.0704. The molecule has 2 rings (SSSR count). The molecule has 2 aliphatic carbocycles. The summed E-state index contributed by atoms with van der Waals surface area (Å²) in [5, 5.41) is 8.99. The van der Waals surface area contributed by atoms with Gasteiger partial charge in [-0.2, -0.15) is 0 Å². The number of aliphatic hydroxyl groups is 1. The molecule has 92 valence electrons. The molecule has 4 heteroatoms. The number of nitrogens with two attached hydrogens (primary N) is 1. The van der Waals surface area contributed by atoms with Crippen LogP contribution in [0, 0.1) is 5.92 Å². The van der Waals surface area contributed by atoms with E-state index in [2.05, 4.69) is 0 Å². The molecule has 2 saturated carbocycles. The number of hydrogen-bond donors (Lipinski definition) is 2. The minimum absolute atomic E-state index is 0.0704. The lowest BCUT2D eigenvalue weighted by molar-refractivity contribution is -0.137. The van der Waals surface area contributed by atoms with E-state index < -0.39 is 0 Å². The Morgan fingerprint density at radius 2 is 2.06 bits per heavy atom. The summed E-state index contributed by atoms with van der Waals surface area (Å²) in [5.41, 5.74) is 5.91. The van der Waals surface area contributed by atoms with E-state index in [1.807, 2.05) is 4.90 Å². The van der Waals surface area contributed by atoms with Gasteiger partial charge in [0, 0.05) is 24.5 Å². The van der Waals surface area contributed by atoms with Crippen molar-refractivity contribution in [2.24, 2.45) is 11.7 Å². The average Bonchev–Trinajstić information content (AvgIpc) is 3.09. The van der Waals surface area contributed by atoms with E-state index in [9.17, 15) is 4.79 Å². The summed E-state index contributed by atoms with van der Waals surface area (Å²) in [4.78, 5) is 14.2. The molecule has 4 nitrogen and oxygen atoms in total. The number of carbonyl (C=O) groups is 1. The fourth-order valence-electron chi connectivity index (χ4n) is 2.65. The standard InChI is InChI=1S/C12H22N2O2/c13-10-3-1-2-9(8-10)12(16)14(6-7-15)11-4-5-11/h9-11,15H,1-8,13H2. The van der Waals surface area contributed by atoms with Gasteiger partial charge in [-0.25, -0.2) is 0 Å². The zero-order valence-corrected chi connectivity index (χ0v) is 9.77. The molecule has 16 heavy (non-hydrogen) atoms. The van der Waals surface area contributed by atoms with Gasteiger partial charge in [-0.1, -0.05) is 6.42 Å². The molecule has 0 bridgehead atoms. The van der Waals surface area contributed by atoms with E-state index in [0.29, 0.717) is 12.6 Å². The largest absolute Gasteiger partial charge is 0.395 e. The summed E-state index contributed by atoms with van der Waals surface area (Å²) in [5.74, 6) is 0.336. The summed E-state index contributed by atoms with van der Waals surface area (Å²) >= 11 is 0. The van der Waals surface area contributed by atoms with Crippen LogP contribution in [0.4, 0.5) is 0 Å². The smallest absolute Gasteiger partial charge is 0.226 e. The molecule has 0 saturated heterocycles. The van der Waals surface area contributed by atoms with Crippen LogP contribution in [-0.4, -0.2) is 41.1 Å². The molecule has 0 heterocycles. The molecule has 1 amide bonds. The van der Waals surface area contributed by atoms with Gasteiger partial charge in [0.2, 0.25) is 5.91 Å². The van der Waals surface area contributed by atoms with Crippen molar-refractivity contribution in [3.05, 3.63) is 0 Å². The van der Waals surface area contributed by atoms with Gasteiger partial charge in [-0.15, -0.1) is 0 Å². The zero-order valence-electron chi connectivity index (χ0n) is 9.77. The first-order valence-corrected chi connectivity index (χ1v) is 6.39. The SMILES string of the molecule is NC1CCCC(C(=O)N(CCO)C2CC2)C1. The van der Waals surface area contributed by atoms with Crippen molar-refractivity contribution in [1.29, 1.82) is 0 Å². The van der Waals surface area contributed by atoms with Gasteiger partial charge < -0.3 is 15.7 Å². The van der Waals surface area contributed by atoms with Gasteiger partial charge in [-0.3, -0.25) is 4.79 Å². The van der Waals surface area contributed by atoms with Crippen LogP contribution in [0.3, 0.4) is 0 Å². The van der Waals surface area contributed by atoms with Crippen molar-refractivity contribution in [2.45, 2.75) is 50.6 Å². The topological polar surface area (TPSA) is 66.6 Å². The maximum atomic E-state index is 12.3. The Labute approximate surface area is 96.8 Å². The first kappa shape index (κ1) is 11.9. The van der Waals surface area contributed by atoms with Crippen molar-refractivity contribution in [3.8, 4) is 0 Å². The third kappa shape index (κ3) is 2.74. The summed E-state index contributed by atoms with van der Waals surface area (Å²) < 4.78 is 0. The van der Waals surface area contributed by atoms with E-state index in [4.69, 9.17) is 10.8 Å². The van der Waals surface area contributed by atoms with Crippen LogP contribution in [0.2, 0.25) is 0 Å². The van der Waals surface area contributed by atoms with E-state index in [1.165, 1.54) is 0 Å². The third-order valence-electron chi connectivity index (χ3n) is 3.68. The molecular weight excluding hydrogens is 204 g/mol. The predicted molar refractivity (Wildman–Crippen MR) is 61.8 cm³/mol. The van der Waals surface area contributed by atoms with Gasteiger partial charge in [0.05, 0.1) is 6.61 Å². The first-order chi connectivity index (χ1) is 7.72. The Kier molecular flexibility index (Phi) is 3.82. The third-order valence-corrected chi connectivity index (χ3v) is 3.68. The second-order valence-corrected chi connectivity index (χ2v) is 5.11. The Balaban J connectivity index is 1.92. The summed E-state index contributed by atoms with van der Waals surface area (Å²) in [6, 6.07) is 0.593. The number of carbonyl (C=O) groups excluding carboxylic acids is 1. The summed E-state index contributed by atoms with van der Waals surface area (Å²) in [7, 11) is 0. The van der Waals surface area contributed by atoms with E-state index >= 15 is 0 Å². The minimum Gasteiger partial charge on any atom is -0.395 e. The zero-order chi connectivity index (χ0) is 11.5. The van der Waals surface area contributed by atoms with Crippen molar-refractivity contribution in [2.75, 3.05) is 13.2 Å². The second kappa shape index (κ2) is 5.15. The van der Waals surface area contributed by atoms with Gasteiger partial charge >= 0.3 is 0 Å². The predicted octanol–water partition coefficient (Wildman–Crippen LogP) is 0.487. The Morgan fingerprint density at radius 3 is 2.62 bits per heavy atom. The molecule has 2 atom stereocenters. The number of amides is 1. The van der Waals surface area contributed by atoms with Gasteiger partial charge in [-0.05, 0) is 32.1 Å². The quantitative estimate of drug-likeness (QED) is 0.733. The van der Waals surface area contributed by atoms with E-state index in [1.54, 1.807) is 0 Å². The molecule has 2 fully saturated rings. The van der Waals surface area contributed by atoms with Crippen molar-refractivity contribution >= 4 is 5.91 Å². The molecule has 0 aromatic carbocycles. The Bertz CT molecular complexity index is 253. The number of aliphatic hydroxyl groups excluding tert-OH is 1. The van der Waals surface area contributed by atoms with Crippen LogP contribution in [0.1, 0.15) is 38.5 Å². The highest BCUT2D eigenvalue weighted by molar-refractivity contribution is 5.79. The lowest BCUT2D eigenvalue weighted by Crippen LogP contribution is -2.43. The monoisotopic (exact) mass is 226 g/mol. The molecule has 0 aliphatic heterocycles. The summed E-state index contributed by atoms with van der Waals surface area (Å²) in [6.45, 7) is 0.566. The molecule has 0 spiro atoms. The molecule has 3 N–H and O–H groups in total. The molecule has 2 unspecified atom stereocenters. The number of hydrogen-bond acceptors (Lipinski definition) is 3. The van der Waals surface area contributed by atoms with Crippen molar-refractivity contribution in [3.63, 3.8) is 0 Å². The number of nitrogens with zero attached hydrogens (tertiary/aromatic N) is 1. The van der Waals surface area contributed by atoms with Crippen molar-refractivity contribution < 1.29 is 9.90 Å². The van der Waals surface area contributed by atoms with Gasteiger partial charge in [0.15, 0.2) is 0 Å². The lowest BCUT2D eigenvalue weighted by atomic mass is 9.85.